The van der Waals surface area contributed by atoms with Gasteiger partial charge in [-0.15, -0.1) is 10.2 Å². The van der Waals surface area contributed by atoms with Crippen LogP contribution in [-0.4, -0.2) is 22.1 Å². The number of nitrogens with one attached hydrogen (secondary N) is 3. The van der Waals surface area contributed by atoms with Crippen LogP contribution < -0.4 is 16.0 Å². The standard InChI is InChI=1S/C16H17N5O2S/c1-8(10-4-5-12-11(6-10)7-13(22)18-12)17-15(23)19-16-21-20-14(24-16)9-2-3-9/h4-6,8-9H,2-3,7H2,1H3,(H,18,22)(H2,17,19,21,23)/t8-/m1/s1. The van der Waals surface area contributed by atoms with Crippen molar-refractivity contribution in [2.75, 3.05) is 10.6 Å². The molecular formula is C16H17N5O2S. The van der Waals surface area contributed by atoms with E-state index >= 15 is 0 Å². The molecule has 2 aromatic rings. The number of rotatable bonds is 4. The summed E-state index contributed by atoms with van der Waals surface area (Å²) in [7, 11) is 0. The molecule has 3 amide bonds. The van der Waals surface area contributed by atoms with E-state index < -0.39 is 0 Å². The van der Waals surface area contributed by atoms with Crippen molar-refractivity contribution < 1.29 is 9.59 Å². The number of carbonyl (C=O) groups excluding carboxylic acids is 2. The minimum Gasteiger partial charge on any atom is -0.331 e. The molecule has 1 atom stereocenters. The second-order valence-electron chi connectivity index (χ2n) is 6.18. The molecule has 2 heterocycles. The van der Waals surface area contributed by atoms with E-state index in [-0.39, 0.29) is 18.0 Å². The van der Waals surface area contributed by atoms with Crippen molar-refractivity contribution in [3.63, 3.8) is 0 Å². The quantitative estimate of drug-likeness (QED) is 0.795. The lowest BCUT2D eigenvalue weighted by Crippen LogP contribution is -2.31. The minimum atomic E-state index is -0.310. The van der Waals surface area contributed by atoms with Crippen LogP contribution in [0.2, 0.25) is 0 Å². The van der Waals surface area contributed by atoms with Crippen LogP contribution in [0.5, 0.6) is 0 Å². The van der Waals surface area contributed by atoms with E-state index in [9.17, 15) is 9.59 Å². The number of urea groups is 1. The molecule has 1 aromatic carbocycles. The number of carbonyl (C=O) groups is 2. The first-order valence-corrected chi connectivity index (χ1v) is 8.74. The minimum absolute atomic E-state index is 0.00300. The molecule has 124 valence electrons. The summed E-state index contributed by atoms with van der Waals surface area (Å²) >= 11 is 1.43. The van der Waals surface area contributed by atoms with E-state index in [1.54, 1.807) is 0 Å². The maximum Gasteiger partial charge on any atom is 0.321 e. The SMILES string of the molecule is C[C@@H](NC(=O)Nc1nnc(C2CC2)s1)c1ccc2c(c1)CC(=O)N2. The van der Waals surface area contributed by atoms with Crippen LogP contribution in [0.3, 0.4) is 0 Å². The molecule has 3 N–H and O–H groups in total. The first-order chi connectivity index (χ1) is 11.6. The predicted molar refractivity (Wildman–Crippen MR) is 91.2 cm³/mol. The molecule has 7 nitrogen and oxygen atoms in total. The smallest absolute Gasteiger partial charge is 0.321 e. The number of nitrogens with zero attached hydrogens (tertiary/aromatic N) is 2. The van der Waals surface area contributed by atoms with Crippen molar-refractivity contribution in [3.8, 4) is 0 Å². The third-order valence-electron chi connectivity index (χ3n) is 4.19. The number of hydrogen-bond acceptors (Lipinski definition) is 5. The Morgan fingerprint density at radius 2 is 2.21 bits per heavy atom. The lowest BCUT2D eigenvalue weighted by molar-refractivity contribution is -0.115. The molecule has 0 spiro atoms. The van der Waals surface area contributed by atoms with Gasteiger partial charge in [0.05, 0.1) is 12.5 Å². The fourth-order valence-electron chi connectivity index (χ4n) is 2.71. The van der Waals surface area contributed by atoms with Gasteiger partial charge in [-0.3, -0.25) is 10.1 Å². The molecule has 1 fully saturated rings. The van der Waals surface area contributed by atoms with Crippen molar-refractivity contribution in [1.29, 1.82) is 0 Å². The van der Waals surface area contributed by atoms with Crippen LogP contribution in [0.15, 0.2) is 18.2 Å². The Hall–Kier alpha value is -2.48. The molecule has 24 heavy (non-hydrogen) atoms. The Bertz CT molecular complexity index is 815. The van der Waals surface area contributed by atoms with E-state index in [2.05, 4.69) is 26.1 Å². The monoisotopic (exact) mass is 343 g/mol. The maximum absolute atomic E-state index is 12.1. The highest BCUT2D eigenvalue weighted by Gasteiger charge is 2.28. The summed E-state index contributed by atoms with van der Waals surface area (Å²) in [5.74, 6) is 0.533. The molecule has 0 saturated heterocycles. The van der Waals surface area contributed by atoms with E-state index in [1.165, 1.54) is 11.3 Å². The van der Waals surface area contributed by atoms with E-state index in [0.717, 1.165) is 34.7 Å². The van der Waals surface area contributed by atoms with Gasteiger partial charge in [-0.2, -0.15) is 0 Å². The van der Waals surface area contributed by atoms with Gasteiger partial charge in [0.25, 0.3) is 0 Å². The average Bonchev–Trinajstić information content (AvgIpc) is 3.17. The van der Waals surface area contributed by atoms with Gasteiger partial charge >= 0.3 is 6.03 Å². The first-order valence-electron chi connectivity index (χ1n) is 7.92. The van der Waals surface area contributed by atoms with Gasteiger partial charge in [-0.05, 0) is 37.0 Å². The third-order valence-corrected chi connectivity index (χ3v) is 5.19. The molecule has 0 bridgehead atoms. The van der Waals surface area contributed by atoms with Gasteiger partial charge in [0, 0.05) is 11.6 Å². The molecule has 0 radical (unpaired) electrons. The van der Waals surface area contributed by atoms with Crippen LogP contribution in [0.4, 0.5) is 15.6 Å². The van der Waals surface area contributed by atoms with Crippen LogP contribution >= 0.6 is 11.3 Å². The lowest BCUT2D eigenvalue weighted by atomic mass is 10.0. The second kappa shape index (κ2) is 5.86. The van der Waals surface area contributed by atoms with Gasteiger partial charge in [0.15, 0.2) is 0 Å². The van der Waals surface area contributed by atoms with E-state index in [4.69, 9.17) is 0 Å². The van der Waals surface area contributed by atoms with Crippen LogP contribution in [0, 0.1) is 0 Å². The average molecular weight is 343 g/mol. The molecule has 0 unspecified atom stereocenters. The molecule has 8 heteroatoms. The largest absolute Gasteiger partial charge is 0.331 e. The van der Waals surface area contributed by atoms with Crippen LogP contribution in [0.25, 0.3) is 0 Å². The Morgan fingerprint density at radius 1 is 1.38 bits per heavy atom. The number of benzene rings is 1. The van der Waals surface area contributed by atoms with Crippen LogP contribution in [-0.2, 0) is 11.2 Å². The van der Waals surface area contributed by atoms with Crippen LogP contribution in [0.1, 0.15) is 47.9 Å². The summed E-state index contributed by atoms with van der Waals surface area (Å²) in [5.41, 5.74) is 2.77. The Morgan fingerprint density at radius 3 is 3.00 bits per heavy atom. The van der Waals surface area contributed by atoms with Gasteiger partial charge in [-0.25, -0.2) is 4.79 Å². The predicted octanol–water partition coefficient (Wildman–Crippen LogP) is 2.79. The number of hydrogen-bond donors (Lipinski definition) is 3. The van der Waals surface area contributed by atoms with Gasteiger partial charge in [-0.1, -0.05) is 23.5 Å². The van der Waals surface area contributed by atoms with Crippen molar-refractivity contribution in [3.05, 3.63) is 34.3 Å². The summed E-state index contributed by atoms with van der Waals surface area (Å²) in [6.07, 6.45) is 2.71. The Kier molecular flexibility index (Phi) is 3.68. The summed E-state index contributed by atoms with van der Waals surface area (Å²) in [6, 6.07) is 5.25. The van der Waals surface area contributed by atoms with Gasteiger partial charge in [0.2, 0.25) is 11.0 Å². The number of amides is 3. The topological polar surface area (TPSA) is 96.0 Å². The summed E-state index contributed by atoms with van der Waals surface area (Å²) in [4.78, 5) is 23.5. The zero-order valence-corrected chi connectivity index (χ0v) is 13.9. The van der Waals surface area contributed by atoms with Gasteiger partial charge < -0.3 is 10.6 Å². The Labute approximate surface area is 142 Å². The maximum atomic E-state index is 12.1. The molecule has 4 rings (SSSR count). The highest BCUT2D eigenvalue weighted by atomic mass is 32.1. The van der Waals surface area contributed by atoms with Crippen molar-refractivity contribution in [2.45, 2.75) is 38.1 Å². The second-order valence-corrected chi connectivity index (χ2v) is 7.19. The molecule has 2 aliphatic rings. The Balaban J connectivity index is 1.38. The molecule has 1 aromatic heterocycles. The van der Waals surface area contributed by atoms with Crippen molar-refractivity contribution in [1.82, 2.24) is 15.5 Å². The summed E-state index contributed by atoms with van der Waals surface area (Å²) < 4.78 is 0. The fourth-order valence-corrected chi connectivity index (χ4v) is 3.62. The normalized spacial score (nSPS) is 17.1. The lowest BCUT2D eigenvalue weighted by Gasteiger charge is -2.15. The highest BCUT2D eigenvalue weighted by molar-refractivity contribution is 7.15. The highest BCUT2D eigenvalue weighted by Crippen LogP contribution is 2.42. The molecule has 1 saturated carbocycles. The van der Waals surface area contributed by atoms with E-state index in [0.29, 0.717) is 17.5 Å². The third kappa shape index (κ3) is 3.09. The van der Waals surface area contributed by atoms with Crippen molar-refractivity contribution >= 4 is 34.1 Å². The number of anilines is 2. The zero-order valence-electron chi connectivity index (χ0n) is 13.1. The molecule has 1 aliphatic heterocycles. The summed E-state index contributed by atoms with van der Waals surface area (Å²) in [6.45, 7) is 1.90. The zero-order chi connectivity index (χ0) is 16.7. The first kappa shape index (κ1) is 15.1. The fraction of sp³-hybridized carbons (Fsp3) is 0.375. The van der Waals surface area contributed by atoms with Crippen molar-refractivity contribution in [2.24, 2.45) is 0 Å². The molecule has 1 aliphatic carbocycles. The van der Waals surface area contributed by atoms with E-state index in [1.807, 2.05) is 25.1 Å². The summed E-state index contributed by atoms with van der Waals surface area (Å²) in [5, 5.41) is 18.0. The molecular weight excluding hydrogens is 326 g/mol. The number of fused-ring (bicyclic) bond motifs is 1. The van der Waals surface area contributed by atoms with Gasteiger partial charge in [0.1, 0.15) is 5.01 Å². The number of aromatic nitrogens is 2.